The van der Waals surface area contributed by atoms with Gasteiger partial charge < -0.3 is 24.9 Å². The van der Waals surface area contributed by atoms with E-state index in [-0.39, 0.29) is 22.1 Å². The predicted octanol–water partition coefficient (Wildman–Crippen LogP) is 4.81. The Labute approximate surface area is 245 Å². The van der Waals surface area contributed by atoms with E-state index in [1.54, 1.807) is 30.6 Å². The number of hydrogen-bond acceptors (Lipinski definition) is 5. The van der Waals surface area contributed by atoms with E-state index in [2.05, 4.69) is 5.32 Å². The minimum Gasteiger partial charge on any atom is -0.339 e. The standard InChI is InChI=1S/C29H32F2N3O6PS/c1-28(2,3)24(27(37)34-12-6-9-21(34)26(36)33-15-17-7-4-5-8-18(17)16-33)32-25(35)23-14-19-13-20(10-11-22(19)42-23)29(30,31)41(38,39)40/h4-5,7-8,10-11,13-14,21,24H,6,9,12,15-16H2,1-3H3,(H,32,35)(H2,38,39,40). The lowest BCUT2D eigenvalue weighted by molar-refractivity contribution is -0.146. The van der Waals surface area contributed by atoms with Crippen molar-refractivity contribution in [2.75, 3.05) is 6.54 Å². The minimum atomic E-state index is -5.75. The SMILES string of the molecule is CC(C)(C)C(NC(=O)c1cc2cc(C(F)(F)P(=O)(O)O)ccc2s1)C(=O)N1CCCC1C(=O)N1Cc2ccccc2C1. The number of nitrogens with zero attached hydrogens (tertiary/aromatic N) is 2. The molecule has 2 aliphatic heterocycles. The second-order valence-electron chi connectivity index (χ2n) is 11.9. The topological polar surface area (TPSA) is 127 Å². The Balaban J connectivity index is 1.34. The molecule has 5 rings (SSSR count). The highest BCUT2D eigenvalue weighted by molar-refractivity contribution is 7.52. The quantitative estimate of drug-likeness (QED) is 0.340. The van der Waals surface area contributed by atoms with Crippen LogP contribution in [0.5, 0.6) is 0 Å². The van der Waals surface area contributed by atoms with Crippen LogP contribution in [0.3, 0.4) is 0 Å². The fraction of sp³-hybridized carbons (Fsp3) is 0.414. The monoisotopic (exact) mass is 619 g/mol. The lowest BCUT2D eigenvalue weighted by atomic mass is 9.85. The van der Waals surface area contributed by atoms with Crippen molar-refractivity contribution < 1.29 is 37.5 Å². The summed E-state index contributed by atoms with van der Waals surface area (Å²) in [5, 5.41) is 3.02. The molecule has 224 valence electrons. The Morgan fingerprint density at radius 2 is 1.69 bits per heavy atom. The molecule has 1 saturated heterocycles. The van der Waals surface area contributed by atoms with Gasteiger partial charge in [-0.1, -0.05) is 51.1 Å². The Morgan fingerprint density at radius 3 is 2.29 bits per heavy atom. The van der Waals surface area contributed by atoms with Crippen LogP contribution in [0.2, 0.25) is 0 Å². The maximum absolute atomic E-state index is 14.2. The van der Waals surface area contributed by atoms with Gasteiger partial charge >= 0.3 is 13.3 Å². The zero-order valence-electron chi connectivity index (χ0n) is 23.3. The first-order valence-corrected chi connectivity index (χ1v) is 16.0. The number of hydrogen-bond donors (Lipinski definition) is 3. The van der Waals surface area contributed by atoms with Crippen molar-refractivity contribution in [1.29, 1.82) is 0 Å². The second-order valence-corrected chi connectivity index (χ2v) is 14.6. The summed E-state index contributed by atoms with van der Waals surface area (Å²) >= 11 is 1.01. The van der Waals surface area contributed by atoms with Crippen LogP contribution in [0.15, 0.2) is 48.5 Å². The van der Waals surface area contributed by atoms with Crippen molar-refractivity contribution in [3.05, 3.63) is 70.1 Å². The van der Waals surface area contributed by atoms with E-state index in [0.29, 0.717) is 37.2 Å². The molecule has 3 N–H and O–H groups in total. The fourth-order valence-electron chi connectivity index (χ4n) is 5.51. The van der Waals surface area contributed by atoms with Gasteiger partial charge in [-0.2, -0.15) is 8.78 Å². The Bertz CT molecular complexity index is 1590. The van der Waals surface area contributed by atoms with Crippen molar-refractivity contribution >= 4 is 46.7 Å². The number of rotatable bonds is 6. The third-order valence-electron chi connectivity index (χ3n) is 7.82. The Morgan fingerprint density at radius 1 is 1.05 bits per heavy atom. The van der Waals surface area contributed by atoms with Gasteiger partial charge in [0.05, 0.1) is 4.88 Å². The number of amides is 3. The zero-order valence-corrected chi connectivity index (χ0v) is 25.1. The fourth-order valence-corrected chi connectivity index (χ4v) is 6.94. The van der Waals surface area contributed by atoms with Crippen LogP contribution in [0.4, 0.5) is 8.78 Å². The number of halogens is 2. The summed E-state index contributed by atoms with van der Waals surface area (Å²) in [6, 6.07) is 10.7. The Hall–Kier alpha value is -3.18. The molecule has 9 nitrogen and oxygen atoms in total. The van der Waals surface area contributed by atoms with Crippen LogP contribution in [0.1, 0.15) is 60.0 Å². The number of alkyl halides is 2. The lowest BCUT2D eigenvalue weighted by Crippen LogP contribution is -2.57. The smallest absolute Gasteiger partial charge is 0.339 e. The highest BCUT2D eigenvalue weighted by atomic mass is 32.1. The zero-order chi connectivity index (χ0) is 30.6. The van der Waals surface area contributed by atoms with Crippen molar-refractivity contribution in [3.63, 3.8) is 0 Å². The van der Waals surface area contributed by atoms with Crippen molar-refractivity contribution in [1.82, 2.24) is 15.1 Å². The molecule has 2 atom stereocenters. The molecule has 2 aromatic carbocycles. The van der Waals surface area contributed by atoms with Crippen molar-refractivity contribution in [2.45, 2.75) is 64.4 Å². The molecule has 13 heteroatoms. The van der Waals surface area contributed by atoms with Gasteiger partial charge in [0.25, 0.3) is 5.91 Å². The number of thiophene rings is 1. The van der Waals surface area contributed by atoms with Crippen LogP contribution in [-0.2, 0) is 32.9 Å². The van der Waals surface area contributed by atoms with E-state index in [1.807, 2.05) is 24.3 Å². The summed E-state index contributed by atoms with van der Waals surface area (Å²) in [5.41, 5.74) is -3.79. The third-order valence-corrected chi connectivity index (χ3v) is 9.92. The van der Waals surface area contributed by atoms with Crippen LogP contribution in [0, 0.1) is 5.41 Å². The molecule has 1 aromatic heterocycles. The summed E-state index contributed by atoms with van der Waals surface area (Å²) < 4.78 is 40.3. The van der Waals surface area contributed by atoms with Gasteiger partial charge in [0.2, 0.25) is 11.8 Å². The van der Waals surface area contributed by atoms with E-state index in [1.165, 1.54) is 12.1 Å². The van der Waals surface area contributed by atoms with Crippen LogP contribution in [-0.4, -0.2) is 55.9 Å². The predicted molar refractivity (Wildman–Crippen MR) is 154 cm³/mol. The minimum absolute atomic E-state index is 0.122. The second kappa shape index (κ2) is 10.8. The maximum atomic E-state index is 14.2. The molecule has 42 heavy (non-hydrogen) atoms. The van der Waals surface area contributed by atoms with Crippen LogP contribution >= 0.6 is 18.9 Å². The van der Waals surface area contributed by atoms with Gasteiger partial charge in [-0.3, -0.25) is 18.9 Å². The molecule has 0 radical (unpaired) electrons. The molecular formula is C29H32F2N3O6PS. The van der Waals surface area contributed by atoms with Gasteiger partial charge in [-0.25, -0.2) is 0 Å². The number of benzene rings is 2. The normalized spacial score (nSPS) is 18.3. The highest BCUT2D eigenvalue weighted by Gasteiger charge is 2.50. The lowest BCUT2D eigenvalue weighted by Gasteiger charge is -2.36. The number of likely N-dealkylation sites (tertiary alicyclic amines) is 1. The average Bonchev–Trinajstić information content (AvgIpc) is 3.66. The van der Waals surface area contributed by atoms with Gasteiger partial charge in [0, 0.05) is 29.9 Å². The molecular weight excluding hydrogens is 587 g/mol. The molecule has 3 heterocycles. The molecule has 2 unspecified atom stereocenters. The first-order valence-electron chi connectivity index (χ1n) is 13.5. The summed E-state index contributed by atoms with van der Waals surface area (Å²) in [6.45, 7) is 6.78. The number of nitrogens with one attached hydrogen (secondary N) is 1. The van der Waals surface area contributed by atoms with Gasteiger partial charge in [0.15, 0.2) is 0 Å². The molecule has 0 bridgehead atoms. The molecule has 0 aliphatic carbocycles. The van der Waals surface area contributed by atoms with Crippen LogP contribution in [0.25, 0.3) is 10.1 Å². The number of fused-ring (bicyclic) bond motifs is 2. The molecule has 1 fully saturated rings. The van der Waals surface area contributed by atoms with Gasteiger partial charge in [0.1, 0.15) is 12.1 Å². The number of carbonyl (C=O) groups excluding carboxylic acids is 3. The molecule has 0 saturated carbocycles. The van der Waals surface area contributed by atoms with Gasteiger partial charge in [-0.15, -0.1) is 11.3 Å². The van der Waals surface area contributed by atoms with Gasteiger partial charge in [-0.05, 0) is 53.0 Å². The average molecular weight is 620 g/mol. The molecule has 0 spiro atoms. The molecule has 3 amide bonds. The first-order chi connectivity index (χ1) is 19.6. The van der Waals surface area contributed by atoms with E-state index >= 15 is 0 Å². The summed E-state index contributed by atoms with van der Waals surface area (Å²) in [7, 11) is -5.75. The van der Waals surface area contributed by atoms with E-state index < -0.39 is 42.2 Å². The van der Waals surface area contributed by atoms with Crippen LogP contribution < -0.4 is 5.32 Å². The van der Waals surface area contributed by atoms with Crippen molar-refractivity contribution in [3.8, 4) is 0 Å². The van der Waals surface area contributed by atoms with Crippen molar-refractivity contribution in [2.24, 2.45) is 5.41 Å². The summed E-state index contributed by atoms with van der Waals surface area (Å²) in [5.74, 6) is -1.08. The van der Waals surface area contributed by atoms with E-state index in [0.717, 1.165) is 34.6 Å². The summed E-state index contributed by atoms with van der Waals surface area (Å²) in [6.07, 6.45) is 1.19. The third kappa shape index (κ3) is 5.60. The van der Waals surface area contributed by atoms with E-state index in [9.17, 15) is 27.7 Å². The largest absolute Gasteiger partial charge is 0.399 e. The molecule has 3 aromatic rings. The first kappa shape index (κ1) is 30.3. The summed E-state index contributed by atoms with van der Waals surface area (Å²) in [4.78, 5) is 62.4. The van der Waals surface area contributed by atoms with E-state index in [4.69, 9.17) is 9.79 Å². The Kier molecular flexibility index (Phi) is 7.81. The highest BCUT2D eigenvalue weighted by Crippen LogP contribution is 2.59. The molecule has 2 aliphatic rings. The maximum Gasteiger partial charge on any atom is 0.399 e. The number of carbonyl (C=O) groups is 3.